The molecule has 1 heterocycles. The van der Waals surface area contributed by atoms with E-state index in [2.05, 4.69) is 74.3 Å². The lowest BCUT2D eigenvalue weighted by atomic mass is 9.76. The number of benzene rings is 1. The third-order valence-electron chi connectivity index (χ3n) is 4.16. The highest BCUT2D eigenvalue weighted by molar-refractivity contribution is 5.94. The van der Waals surface area contributed by atoms with Crippen LogP contribution in [0.1, 0.15) is 32.9 Å². The summed E-state index contributed by atoms with van der Waals surface area (Å²) in [6.07, 6.45) is 9.93. The van der Waals surface area contributed by atoms with Crippen LogP contribution in [0.15, 0.2) is 54.8 Å². The number of nitrogens with zero attached hydrogens (tertiary/aromatic N) is 1. The van der Waals surface area contributed by atoms with Crippen molar-refractivity contribution in [1.82, 2.24) is 4.98 Å². The van der Waals surface area contributed by atoms with E-state index in [9.17, 15) is 0 Å². The molecule has 0 aliphatic heterocycles. The topological polar surface area (TPSA) is 12.9 Å². The van der Waals surface area contributed by atoms with E-state index in [0.717, 1.165) is 12.1 Å². The first-order valence-corrected chi connectivity index (χ1v) is 7.28. The van der Waals surface area contributed by atoms with Crippen molar-refractivity contribution in [1.29, 1.82) is 0 Å². The largest absolute Gasteiger partial charge is 0.256 e. The third-order valence-corrected chi connectivity index (χ3v) is 4.16. The molecule has 2 aromatic rings. The smallest absolute Gasteiger partial charge is 0.0776 e. The van der Waals surface area contributed by atoms with E-state index in [0.29, 0.717) is 11.3 Å². The van der Waals surface area contributed by atoms with Crippen LogP contribution in [0.25, 0.3) is 16.3 Å². The number of fused-ring (bicyclic) bond motifs is 1. The van der Waals surface area contributed by atoms with E-state index in [1.54, 1.807) is 0 Å². The first-order chi connectivity index (χ1) is 9.55. The maximum absolute atomic E-state index is 4.60. The lowest BCUT2D eigenvalue weighted by Gasteiger charge is -2.29. The number of rotatable bonds is 1. The SMILES string of the molecule is CC(C)(C)C1C=CC(c2nccc3ccccc23)=CC1. The Morgan fingerprint density at radius 2 is 1.90 bits per heavy atom. The summed E-state index contributed by atoms with van der Waals surface area (Å²) >= 11 is 0. The number of hydrogen-bond donors (Lipinski definition) is 0. The van der Waals surface area contributed by atoms with Crippen LogP contribution in [0.3, 0.4) is 0 Å². The maximum atomic E-state index is 4.60. The Morgan fingerprint density at radius 3 is 2.60 bits per heavy atom. The lowest BCUT2D eigenvalue weighted by Crippen LogP contribution is -2.19. The molecule has 1 aliphatic carbocycles. The fourth-order valence-corrected chi connectivity index (χ4v) is 2.79. The van der Waals surface area contributed by atoms with Crippen molar-refractivity contribution in [2.45, 2.75) is 27.2 Å². The molecule has 1 nitrogen and oxygen atoms in total. The maximum Gasteiger partial charge on any atom is 0.0776 e. The Bertz CT molecular complexity index is 681. The summed E-state index contributed by atoms with van der Waals surface area (Å²) < 4.78 is 0. The fourth-order valence-electron chi connectivity index (χ4n) is 2.79. The number of allylic oxidation sites excluding steroid dienone is 4. The quantitative estimate of drug-likeness (QED) is 0.685. The van der Waals surface area contributed by atoms with Gasteiger partial charge in [-0.2, -0.15) is 0 Å². The standard InChI is InChI=1S/C19H21N/c1-19(2,3)16-10-8-15(9-11-16)18-17-7-5-4-6-14(17)12-13-20-18/h4-10,12-13,16H,11H2,1-3H3. The molecule has 1 aromatic carbocycles. The summed E-state index contributed by atoms with van der Waals surface area (Å²) in [5.74, 6) is 0.612. The molecule has 1 atom stereocenters. The first kappa shape index (κ1) is 13.1. The summed E-state index contributed by atoms with van der Waals surface area (Å²) in [5.41, 5.74) is 2.68. The van der Waals surface area contributed by atoms with Crippen molar-refractivity contribution in [3.05, 3.63) is 60.5 Å². The zero-order valence-corrected chi connectivity index (χ0v) is 12.4. The van der Waals surface area contributed by atoms with Gasteiger partial charge in [0.25, 0.3) is 0 Å². The van der Waals surface area contributed by atoms with Crippen LogP contribution in [0.5, 0.6) is 0 Å². The molecule has 1 aromatic heterocycles. The Labute approximate surface area is 121 Å². The van der Waals surface area contributed by atoms with Crippen molar-refractivity contribution < 1.29 is 0 Å². The number of aromatic nitrogens is 1. The van der Waals surface area contributed by atoms with Gasteiger partial charge in [-0.15, -0.1) is 0 Å². The average molecular weight is 263 g/mol. The second-order valence-electron chi connectivity index (χ2n) is 6.61. The van der Waals surface area contributed by atoms with Crippen LogP contribution in [-0.4, -0.2) is 4.98 Å². The summed E-state index contributed by atoms with van der Waals surface area (Å²) in [7, 11) is 0. The fraction of sp³-hybridized carbons (Fsp3) is 0.316. The van der Waals surface area contributed by atoms with Crippen molar-refractivity contribution >= 4 is 16.3 Å². The Balaban J connectivity index is 1.98. The Morgan fingerprint density at radius 1 is 1.10 bits per heavy atom. The van der Waals surface area contributed by atoms with E-state index in [4.69, 9.17) is 0 Å². The van der Waals surface area contributed by atoms with Crippen LogP contribution in [-0.2, 0) is 0 Å². The van der Waals surface area contributed by atoms with Gasteiger partial charge in [-0.1, -0.05) is 63.3 Å². The molecule has 0 amide bonds. The van der Waals surface area contributed by atoms with E-state index >= 15 is 0 Å². The van der Waals surface area contributed by atoms with Gasteiger partial charge in [0.1, 0.15) is 0 Å². The van der Waals surface area contributed by atoms with Crippen LogP contribution in [0.2, 0.25) is 0 Å². The van der Waals surface area contributed by atoms with Crippen molar-refractivity contribution in [3.63, 3.8) is 0 Å². The minimum Gasteiger partial charge on any atom is -0.256 e. The van der Waals surface area contributed by atoms with Gasteiger partial charge in [-0.3, -0.25) is 4.98 Å². The van der Waals surface area contributed by atoms with Crippen molar-refractivity contribution in [3.8, 4) is 0 Å². The Kier molecular flexibility index (Phi) is 3.21. The molecule has 1 unspecified atom stereocenters. The summed E-state index contributed by atoms with van der Waals surface area (Å²) in [5, 5.41) is 2.49. The predicted molar refractivity (Wildman–Crippen MR) is 86.4 cm³/mol. The monoisotopic (exact) mass is 263 g/mol. The minimum absolute atomic E-state index is 0.324. The second kappa shape index (κ2) is 4.90. The normalized spacial score (nSPS) is 19.1. The molecule has 0 radical (unpaired) electrons. The molecule has 1 aliphatic rings. The van der Waals surface area contributed by atoms with Gasteiger partial charge in [0, 0.05) is 11.6 Å². The summed E-state index contributed by atoms with van der Waals surface area (Å²) in [6.45, 7) is 6.91. The summed E-state index contributed by atoms with van der Waals surface area (Å²) in [4.78, 5) is 4.60. The molecular formula is C19H21N. The third kappa shape index (κ3) is 2.40. The molecule has 0 saturated heterocycles. The van der Waals surface area contributed by atoms with Crippen LogP contribution in [0.4, 0.5) is 0 Å². The predicted octanol–water partition coefficient (Wildman–Crippen LogP) is 5.24. The molecule has 102 valence electrons. The molecule has 0 fully saturated rings. The van der Waals surface area contributed by atoms with Gasteiger partial charge in [0.05, 0.1) is 5.69 Å². The highest BCUT2D eigenvalue weighted by atomic mass is 14.7. The second-order valence-corrected chi connectivity index (χ2v) is 6.61. The van der Waals surface area contributed by atoms with Crippen LogP contribution >= 0.6 is 0 Å². The zero-order valence-electron chi connectivity index (χ0n) is 12.4. The van der Waals surface area contributed by atoms with E-state index in [-0.39, 0.29) is 0 Å². The highest BCUT2D eigenvalue weighted by Gasteiger charge is 2.23. The highest BCUT2D eigenvalue weighted by Crippen LogP contribution is 2.36. The number of pyridine rings is 1. The molecule has 0 saturated carbocycles. The van der Waals surface area contributed by atoms with Crippen molar-refractivity contribution in [2.24, 2.45) is 11.3 Å². The number of hydrogen-bond acceptors (Lipinski definition) is 1. The lowest BCUT2D eigenvalue weighted by molar-refractivity contribution is 0.294. The van der Waals surface area contributed by atoms with Crippen molar-refractivity contribution in [2.75, 3.05) is 0 Å². The van der Waals surface area contributed by atoms with E-state index < -0.39 is 0 Å². The molecule has 3 rings (SSSR count). The summed E-state index contributed by atoms with van der Waals surface area (Å²) in [6, 6.07) is 10.5. The first-order valence-electron chi connectivity index (χ1n) is 7.28. The molecule has 0 N–H and O–H groups in total. The van der Waals surface area contributed by atoms with Gasteiger partial charge in [0.15, 0.2) is 0 Å². The average Bonchev–Trinajstić information content (AvgIpc) is 2.46. The van der Waals surface area contributed by atoms with Gasteiger partial charge >= 0.3 is 0 Å². The minimum atomic E-state index is 0.324. The van der Waals surface area contributed by atoms with Gasteiger partial charge < -0.3 is 0 Å². The molecule has 20 heavy (non-hydrogen) atoms. The Hall–Kier alpha value is -1.89. The van der Waals surface area contributed by atoms with E-state index in [1.807, 2.05) is 6.20 Å². The zero-order chi connectivity index (χ0) is 14.2. The molecule has 0 bridgehead atoms. The molecule has 1 heteroatoms. The van der Waals surface area contributed by atoms with Gasteiger partial charge in [-0.05, 0) is 34.8 Å². The molecule has 0 spiro atoms. The van der Waals surface area contributed by atoms with E-state index in [1.165, 1.54) is 16.3 Å². The van der Waals surface area contributed by atoms with Crippen LogP contribution < -0.4 is 0 Å². The van der Waals surface area contributed by atoms with Crippen LogP contribution in [0, 0.1) is 11.3 Å². The molecular weight excluding hydrogens is 242 g/mol. The van der Waals surface area contributed by atoms with Gasteiger partial charge in [-0.25, -0.2) is 0 Å². The van der Waals surface area contributed by atoms with Gasteiger partial charge in [0.2, 0.25) is 0 Å².